The van der Waals surface area contributed by atoms with Crippen molar-refractivity contribution >= 4 is 29.7 Å². The van der Waals surface area contributed by atoms with Crippen molar-refractivity contribution in [2.75, 3.05) is 33.9 Å². The van der Waals surface area contributed by atoms with Gasteiger partial charge in [-0.1, -0.05) is 103 Å². The van der Waals surface area contributed by atoms with Crippen molar-refractivity contribution in [1.82, 2.24) is 9.80 Å². The first kappa shape index (κ1) is 67.2. The lowest BCUT2D eigenvalue weighted by Gasteiger charge is -2.51. The summed E-state index contributed by atoms with van der Waals surface area (Å²) in [6.45, 7) is 22.7. The summed E-state index contributed by atoms with van der Waals surface area (Å²) in [4.78, 5) is 33.0. The van der Waals surface area contributed by atoms with Gasteiger partial charge in [0.25, 0.3) is 0 Å². The highest BCUT2D eigenvalue weighted by Crippen LogP contribution is 2.61. The van der Waals surface area contributed by atoms with Crippen molar-refractivity contribution in [3.8, 4) is 0 Å². The topological polar surface area (TPSA) is 188 Å². The number of nitrogens with zero attached hydrogens (tertiary/aromatic N) is 2. The molecule has 18 atom stereocenters. The van der Waals surface area contributed by atoms with Gasteiger partial charge in [0.05, 0.1) is 77.3 Å². The molecule has 2 aromatic rings. The molecule has 5 rings (SSSR count). The number of amides is 1. The van der Waals surface area contributed by atoms with Crippen molar-refractivity contribution < 1.29 is 58.8 Å². The Morgan fingerprint density at radius 1 is 0.797 bits per heavy atom. The van der Waals surface area contributed by atoms with Crippen LogP contribution in [-0.4, -0.2) is 171 Å². The molecule has 0 radical (unpaired) electrons. The number of aliphatic hydroxyl groups excluding tert-OH is 3. The van der Waals surface area contributed by atoms with E-state index in [1.165, 1.54) is 56.5 Å². The average Bonchev–Trinajstić information content (AvgIpc) is 3.41. The molecule has 0 bridgehead atoms. The third-order valence-electron chi connectivity index (χ3n) is 18.8. The second kappa shape index (κ2) is 29.8. The van der Waals surface area contributed by atoms with E-state index in [9.17, 15) is 35.1 Å². The Labute approximate surface area is 477 Å². The van der Waals surface area contributed by atoms with Gasteiger partial charge in [-0.15, -0.1) is 0 Å². The van der Waals surface area contributed by atoms with Crippen LogP contribution in [0.4, 0.5) is 0 Å². The fraction of sp³-hybridized carbons (Fsp3) is 0.781. The molecule has 3 heterocycles. The Balaban J connectivity index is 1.32. The summed E-state index contributed by atoms with van der Waals surface area (Å²) in [5.74, 6) is -3.60. The van der Waals surface area contributed by atoms with Crippen LogP contribution in [0.2, 0.25) is 0 Å². The predicted octanol–water partition coefficient (Wildman–Crippen LogP) is 9.05. The summed E-state index contributed by atoms with van der Waals surface area (Å²) in [6.07, 6.45) is 3.36. The molecule has 14 nitrogen and oxygen atoms in total. The number of ether oxygens (including phenoxy) is 5. The molecule has 1 unspecified atom stereocenters. The number of carbonyl (C=O) groups is 2. The van der Waals surface area contributed by atoms with Gasteiger partial charge in [0.15, 0.2) is 6.29 Å². The van der Waals surface area contributed by atoms with Crippen LogP contribution in [-0.2, 0) is 33.3 Å². The fourth-order valence-corrected chi connectivity index (χ4v) is 18.7. The molecule has 0 spiro atoms. The van der Waals surface area contributed by atoms with Crippen LogP contribution in [0.5, 0.6) is 0 Å². The first-order valence-corrected chi connectivity index (χ1v) is 32.4. The lowest BCUT2D eigenvalue weighted by molar-refractivity contribution is -0.302. The summed E-state index contributed by atoms with van der Waals surface area (Å²) >= 11 is 0. The zero-order valence-corrected chi connectivity index (χ0v) is 52.2. The molecule has 15 heteroatoms. The van der Waals surface area contributed by atoms with E-state index in [1.54, 1.807) is 39.5 Å². The first-order valence-electron chi connectivity index (χ1n) is 30.3. The molecule has 450 valence electrons. The second-order valence-electron chi connectivity index (χ2n) is 25.6. The van der Waals surface area contributed by atoms with Crippen molar-refractivity contribution in [2.24, 2.45) is 23.7 Å². The van der Waals surface area contributed by atoms with Gasteiger partial charge >= 0.3 is 5.97 Å². The van der Waals surface area contributed by atoms with Crippen molar-refractivity contribution in [3.05, 3.63) is 60.7 Å². The maximum Gasteiger partial charge on any atom is 0.309 e. The second-order valence-corrected chi connectivity index (χ2v) is 29.9. The monoisotopic (exact) mass is 1130 g/mol. The van der Waals surface area contributed by atoms with Crippen LogP contribution in [0.25, 0.3) is 0 Å². The van der Waals surface area contributed by atoms with Gasteiger partial charge in [0.2, 0.25) is 5.91 Å². The van der Waals surface area contributed by atoms with Gasteiger partial charge in [-0.25, -0.2) is 0 Å². The van der Waals surface area contributed by atoms with Gasteiger partial charge in [-0.3, -0.25) is 9.59 Å². The number of rotatable bonds is 21. The van der Waals surface area contributed by atoms with Crippen LogP contribution in [0, 0.1) is 23.7 Å². The Kier molecular flexibility index (Phi) is 25.3. The summed E-state index contributed by atoms with van der Waals surface area (Å²) in [7, 11) is 3.76. The third kappa shape index (κ3) is 16.4. The molecule has 1 amide bonds. The average molecular weight is 1130 g/mol. The highest BCUT2D eigenvalue weighted by molar-refractivity contribution is 7.90. The molecule has 0 aliphatic carbocycles. The minimum absolute atomic E-state index is 0.111. The van der Waals surface area contributed by atoms with Crippen LogP contribution < -0.4 is 10.6 Å². The van der Waals surface area contributed by atoms with E-state index in [1.807, 2.05) is 46.7 Å². The lowest BCUT2D eigenvalue weighted by atomic mass is 9.68. The summed E-state index contributed by atoms with van der Waals surface area (Å²) in [5.41, 5.74) is -4.15. The molecule has 0 aromatic heterocycles. The van der Waals surface area contributed by atoms with E-state index in [0.717, 1.165) is 25.7 Å². The van der Waals surface area contributed by atoms with Crippen molar-refractivity contribution in [2.45, 2.75) is 263 Å². The van der Waals surface area contributed by atoms with E-state index < -0.39 is 103 Å². The minimum atomic E-state index is -1.98. The highest BCUT2D eigenvalue weighted by atomic mass is 31.2. The number of hydrogen-bond acceptors (Lipinski definition) is 13. The van der Waals surface area contributed by atoms with E-state index in [2.05, 4.69) is 74.5 Å². The summed E-state index contributed by atoms with van der Waals surface area (Å²) < 4.78 is 32.1. The molecule has 3 fully saturated rings. The van der Waals surface area contributed by atoms with Gasteiger partial charge in [-0.05, 0) is 144 Å². The summed E-state index contributed by atoms with van der Waals surface area (Å²) in [5, 5.41) is 63.8. The number of hydrogen-bond donors (Lipinski definition) is 5. The number of benzene rings is 2. The standard InChI is InChI=1S/C64H108N2O12P/c1-16-53-64(12,73)57(69)47(8)66(54(67)36-30-22-20-18-17-19-21-23-31-37-79(42(2)3,49-32-26-24-27-33-49)50-34-28-25-29-35-50)41-43(4)39-62(10,72)59(78-61-56(68)51(65(13)14)38-44(5)75-61)45(6)55(46(7)60(71)77-53)52-40-63(11,74-15)58(70)48(9)76-52/h24-29,32-35,42-48,51-53,55-59,61,68-70,72-73H,16-23,30-31,36-41H2,1-15H3/q+1/t43-,44-,45+,46-,47-,48+,51+,52?,53-,55+,56-,57-,58+,59-,61+,62-,63-,64-/m1/s1. The van der Waals surface area contributed by atoms with Crippen molar-refractivity contribution in [1.29, 1.82) is 0 Å². The largest absolute Gasteiger partial charge is 0.459 e. The SMILES string of the molecule is CC[C@H]1OC(=O)[C@H](C)[C@@H](C2C[C@@](C)(OC)[C@@H](O)[C@H](C)O2)[C@H](C)[C@@H](O[C@@H]2O[C@H](C)C[C@H](N(C)C)[C@H]2O)[C@](C)(O)C[C@@H](C)CN(C(=O)CCCCCCCCCCC[P+](c2ccccc2)(c2ccccc2)C(C)C)[C@H](C)[C@@H](O)[C@]1(C)O. The van der Waals surface area contributed by atoms with Crippen molar-refractivity contribution in [3.63, 3.8) is 0 Å². The smallest absolute Gasteiger partial charge is 0.309 e. The lowest BCUT2D eigenvalue weighted by Crippen LogP contribution is -2.61. The third-order valence-corrected chi connectivity index (χ3v) is 24.0. The maximum atomic E-state index is 14.8. The van der Waals surface area contributed by atoms with E-state index in [0.29, 0.717) is 18.5 Å². The Bertz CT molecular complexity index is 2090. The molecule has 0 saturated carbocycles. The number of methoxy groups -OCH3 is 1. The van der Waals surface area contributed by atoms with Crippen LogP contribution in [0.3, 0.4) is 0 Å². The zero-order valence-electron chi connectivity index (χ0n) is 51.3. The van der Waals surface area contributed by atoms with Crippen LogP contribution >= 0.6 is 7.26 Å². The molecule has 5 N–H and O–H groups in total. The number of likely N-dealkylation sites (N-methyl/N-ethyl adjacent to an activating group) is 1. The van der Waals surface area contributed by atoms with E-state index in [4.69, 9.17) is 23.7 Å². The van der Waals surface area contributed by atoms with E-state index in [-0.39, 0.29) is 56.2 Å². The van der Waals surface area contributed by atoms with Gasteiger partial charge in [0.1, 0.15) is 30.0 Å². The zero-order chi connectivity index (χ0) is 58.6. The van der Waals surface area contributed by atoms with E-state index >= 15 is 0 Å². The Hall–Kier alpha value is -2.59. The minimum Gasteiger partial charge on any atom is -0.459 e. The molecular weight excluding hydrogens is 1020 g/mol. The van der Waals surface area contributed by atoms with Crippen LogP contribution in [0.15, 0.2) is 60.7 Å². The number of unbranched alkanes of at least 4 members (excludes halogenated alkanes) is 8. The number of esters is 1. The molecule has 3 aliphatic rings. The Morgan fingerprint density at radius 2 is 1.34 bits per heavy atom. The molecule has 3 saturated heterocycles. The molecular formula is C64H108N2O12P+. The summed E-state index contributed by atoms with van der Waals surface area (Å²) in [6, 6.07) is 21.1. The number of cyclic esters (lactones) is 1. The Morgan fingerprint density at radius 3 is 1.86 bits per heavy atom. The quantitative estimate of drug-likeness (QED) is 0.0453. The maximum absolute atomic E-state index is 14.8. The van der Waals surface area contributed by atoms with Crippen LogP contribution in [0.1, 0.15) is 173 Å². The highest BCUT2D eigenvalue weighted by Gasteiger charge is 2.55. The predicted molar refractivity (Wildman–Crippen MR) is 317 cm³/mol. The molecule has 3 aliphatic heterocycles. The molecule has 79 heavy (non-hydrogen) atoms. The molecule has 2 aromatic carbocycles. The van der Waals surface area contributed by atoms with Gasteiger partial charge < -0.3 is 59.0 Å². The number of carbonyl (C=O) groups excluding carboxylic acids is 2. The van der Waals surface area contributed by atoms with Gasteiger partial charge in [-0.2, -0.15) is 0 Å². The van der Waals surface area contributed by atoms with Gasteiger partial charge in [0, 0.05) is 38.5 Å². The normalized spacial score (nSPS) is 36.7. The first-order chi connectivity index (χ1) is 37.2. The fourth-order valence-electron chi connectivity index (χ4n) is 14.1. The number of aliphatic hydroxyl groups is 5.